The van der Waals surface area contributed by atoms with Crippen LogP contribution in [0.1, 0.15) is 53.9 Å². The van der Waals surface area contributed by atoms with Crippen LogP contribution in [-0.4, -0.2) is 19.2 Å². The van der Waals surface area contributed by atoms with Gasteiger partial charge in [-0.05, 0) is 63.2 Å². The number of rotatable bonds is 5. The molecule has 2 aliphatic rings. The van der Waals surface area contributed by atoms with Crippen LogP contribution >= 0.6 is 0 Å². The van der Waals surface area contributed by atoms with Gasteiger partial charge in [0.05, 0.1) is 4.75 Å². The molecule has 0 unspecified atom stereocenters. The topological polar surface area (TPSA) is 46.2 Å². The van der Waals surface area contributed by atoms with Gasteiger partial charge in [0.15, 0.2) is 0 Å². The van der Waals surface area contributed by atoms with Gasteiger partial charge in [0.25, 0.3) is 0 Å². The molecule has 0 saturated heterocycles. The molecule has 2 rings (SSSR count). The van der Waals surface area contributed by atoms with Gasteiger partial charge in [0.2, 0.25) is 10.0 Å². The van der Waals surface area contributed by atoms with Crippen LogP contribution in [0.5, 0.6) is 0 Å². The molecule has 0 aromatic carbocycles. The largest absolute Gasteiger partial charge is 0.216 e. The molecule has 4 heteroatoms. The predicted octanol–water partition coefficient (Wildman–Crippen LogP) is 3.33. The van der Waals surface area contributed by atoms with E-state index in [2.05, 4.69) is 25.1 Å². The number of sulfonamides is 1. The van der Waals surface area contributed by atoms with Crippen LogP contribution < -0.4 is 4.72 Å². The Morgan fingerprint density at radius 1 is 1.40 bits per heavy atom. The Morgan fingerprint density at radius 2 is 2.00 bits per heavy atom. The maximum absolute atomic E-state index is 12.5. The minimum atomic E-state index is -3.29. The Labute approximate surface area is 124 Å². The summed E-state index contributed by atoms with van der Waals surface area (Å²) in [7, 11) is -3.29. The van der Waals surface area contributed by atoms with Crippen LogP contribution in [-0.2, 0) is 10.0 Å². The quantitative estimate of drug-likeness (QED) is 0.792. The third-order valence-corrected chi connectivity index (χ3v) is 7.61. The molecule has 116 valence electrons. The molecular formula is C16H29NO2S. The van der Waals surface area contributed by atoms with Gasteiger partial charge < -0.3 is 0 Å². The van der Waals surface area contributed by atoms with E-state index in [4.69, 9.17) is 0 Å². The lowest BCUT2D eigenvalue weighted by Crippen LogP contribution is -2.53. The molecule has 1 N–H and O–H groups in total. The average molecular weight is 299 g/mol. The third-order valence-electron chi connectivity index (χ3n) is 5.43. The summed E-state index contributed by atoms with van der Waals surface area (Å²) in [5.41, 5.74) is 0.0493. The first-order chi connectivity index (χ1) is 9.05. The van der Waals surface area contributed by atoms with Crippen molar-refractivity contribution in [2.75, 3.05) is 0 Å². The first kappa shape index (κ1) is 16.0. The first-order valence-electron chi connectivity index (χ1n) is 7.68. The van der Waals surface area contributed by atoms with E-state index in [1.807, 2.05) is 6.08 Å². The van der Waals surface area contributed by atoms with E-state index in [1.165, 1.54) is 6.42 Å². The normalized spacial score (nSPS) is 37.0. The molecule has 2 fully saturated rings. The summed E-state index contributed by atoms with van der Waals surface area (Å²) in [5.74, 6) is 1.71. The van der Waals surface area contributed by atoms with E-state index < -0.39 is 14.8 Å². The highest BCUT2D eigenvalue weighted by Gasteiger charge is 2.62. The maximum Gasteiger partial charge on any atom is 0.216 e. The zero-order valence-corrected chi connectivity index (χ0v) is 14.3. The van der Waals surface area contributed by atoms with Crippen LogP contribution in [0.4, 0.5) is 0 Å². The smallest absolute Gasteiger partial charge is 0.212 e. The molecule has 0 spiro atoms. The second-order valence-corrected chi connectivity index (χ2v) is 10.4. The van der Waals surface area contributed by atoms with Crippen LogP contribution in [0.2, 0.25) is 0 Å². The van der Waals surface area contributed by atoms with Crippen LogP contribution in [0.15, 0.2) is 12.7 Å². The summed E-state index contributed by atoms with van der Waals surface area (Å²) in [4.78, 5) is 0. The summed E-state index contributed by atoms with van der Waals surface area (Å²) >= 11 is 0. The number of fused-ring (bicyclic) bond motifs is 1. The molecule has 0 amide bonds. The van der Waals surface area contributed by atoms with Gasteiger partial charge in [-0.15, -0.1) is 6.58 Å². The summed E-state index contributed by atoms with van der Waals surface area (Å²) in [6, 6.07) is 0.0784. The van der Waals surface area contributed by atoms with Gasteiger partial charge >= 0.3 is 0 Å². The van der Waals surface area contributed by atoms with Crippen molar-refractivity contribution in [1.82, 2.24) is 4.72 Å². The van der Waals surface area contributed by atoms with Crippen molar-refractivity contribution >= 4 is 10.0 Å². The van der Waals surface area contributed by atoms with Crippen molar-refractivity contribution in [2.24, 2.45) is 23.2 Å². The Bertz CT molecular complexity index is 489. The fourth-order valence-corrected chi connectivity index (χ4v) is 4.91. The van der Waals surface area contributed by atoms with Gasteiger partial charge in [-0.3, -0.25) is 0 Å². The lowest BCUT2D eigenvalue weighted by molar-refractivity contribution is 0.138. The van der Waals surface area contributed by atoms with E-state index in [0.717, 1.165) is 12.8 Å². The summed E-state index contributed by atoms with van der Waals surface area (Å²) in [6.07, 6.45) is 5.18. The van der Waals surface area contributed by atoms with Gasteiger partial charge in [-0.1, -0.05) is 19.9 Å². The standard InChI is InChI=1S/C16H29NO2S/c1-7-8-16(11(2)3)10-12-9-13(12)14(16)17-20(18,19)15(4,5)6/h7,11-14,17H,1,8-10H2,2-6H3/t12-,13-,14+,16-/m1/s1. The Morgan fingerprint density at radius 3 is 2.45 bits per heavy atom. The van der Waals surface area contributed by atoms with Crippen molar-refractivity contribution in [1.29, 1.82) is 0 Å². The highest BCUT2D eigenvalue weighted by Crippen LogP contribution is 2.63. The molecular weight excluding hydrogens is 270 g/mol. The van der Waals surface area contributed by atoms with Crippen molar-refractivity contribution in [2.45, 2.75) is 64.7 Å². The highest BCUT2D eigenvalue weighted by molar-refractivity contribution is 7.90. The molecule has 0 aliphatic heterocycles. The van der Waals surface area contributed by atoms with Gasteiger partial charge in [0, 0.05) is 6.04 Å². The molecule has 0 aromatic heterocycles. The van der Waals surface area contributed by atoms with E-state index >= 15 is 0 Å². The van der Waals surface area contributed by atoms with Crippen LogP contribution in [0.25, 0.3) is 0 Å². The van der Waals surface area contributed by atoms with Gasteiger partial charge in [0.1, 0.15) is 0 Å². The van der Waals surface area contributed by atoms with E-state index in [-0.39, 0.29) is 11.5 Å². The fraction of sp³-hybridized carbons (Fsp3) is 0.875. The molecule has 0 aromatic rings. The van der Waals surface area contributed by atoms with Crippen LogP contribution in [0.3, 0.4) is 0 Å². The zero-order chi connectivity index (χ0) is 15.3. The molecule has 0 radical (unpaired) electrons. The highest BCUT2D eigenvalue weighted by atomic mass is 32.2. The maximum atomic E-state index is 12.5. The monoisotopic (exact) mass is 299 g/mol. The van der Waals surface area contributed by atoms with E-state index in [1.54, 1.807) is 20.8 Å². The summed E-state index contributed by atoms with van der Waals surface area (Å²) in [6.45, 7) is 13.6. The Kier molecular flexibility index (Phi) is 3.88. The lowest BCUT2D eigenvalue weighted by atomic mass is 9.68. The van der Waals surface area contributed by atoms with Gasteiger partial charge in [-0.25, -0.2) is 13.1 Å². The Balaban J connectivity index is 2.31. The second kappa shape index (κ2) is 4.84. The molecule has 2 aliphatic carbocycles. The fourth-order valence-electron chi connectivity index (χ4n) is 3.81. The van der Waals surface area contributed by atoms with Crippen molar-refractivity contribution in [3.8, 4) is 0 Å². The molecule has 4 atom stereocenters. The molecule has 0 bridgehead atoms. The van der Waals surface area contributed by atoms with Gasteiger partial charge in [-0.2, -0.15) is 0 Å². The predicted molar refractivity (Wildman–Crippen MR) is 83.9 cm³/mol. The number of nitrogens with one attached hydrogen (secondary N) is 1. The van der Waals surface area contributed by atoms with Crippen molar-refractivity contribution in [3.63, 3.8) is 0 Å². The number of allylic oxidation sites excluding steroid dienone is 1. The first-order valence-corrected chi connectivity index (χ1v) is 9.16. The third kappa shape index (κ3) is 2.45. The second-order valence-electron chi connectivity index (χ2n) is 7.96. The van der Waals surface area contributed by atoms with E-state index in [0.29, 0.717) is 17.8 Å². The number of hydrogen-bond donors (Lipinski definition) is 1. The Hall–Kier alpha value is -0.350. The molecule has 20 heavy (non-hydrogen) atoms. The molecule has 2 saturated carbocycles. The lowest BCUT2D eigenvalue weighted by Gasteiger charge is -2.42. The minimum absolute atomic E-state index is 0.0493. The number of hydrogen-bond acceptors (Lipinski definition) is 2. The SMILES string of the molecule is C=CC[C@]1(C(C)C)C[C@H]2C[C@H]2[C@@H]1NS(=O)(=O)C(C)(C)C. The summed E-state index contributed by atoms with van der Waals surface area (Å²) < 4.78 is 27.4. The van der Waals surface area contributed by atoms with Crippen molar-refractivity contribution in [3.05, 3.63) is 12.7 Å². The molecule has 0 heterocycles. The van der Waals surface area contributed by atoms with E-state index in [9.17, 15) is 8.42 Å². The zero-order valence-electron chi connectivity index (χ0n) is 13.4. The average Bonchev–Trinajstić information content (AvgIpc) is 2.96. The summed E-state index contributed by atoms with van der Waals surface area (Å²) in [5, 5.41) is 0. The molecule has 3 nitrogen and oxygen atoms in total. The minimum Gasteiger partial charge on any atom is -0.212 e. The van der Waals surface area contributed by atoms with Crippen LogP contribution in [0, 0.1) is 23.2 Å². The van der Waals surface area contributed by atoms with Crippen molar-refractivity contribution < 1.29 is 8.42 Å².